The molecule has 0 aliphatic rings. The quantitative estimate of drug-likeness (QED) is 0.600. The number of halogens is 4. The topological polar surface area (TPSA) is 54.0 Å². The summed E-state index contributed by atoms with van der Waals surface area (Å²) in [6, 6.07) is 11.2. The van der Waals surface area contributed by atoms with Crippen molar-refractivity contribution < 1.29 is 13.6 Å². The van der Waals surface area contributed by atoms with Crippen LogP contribution in [0.4, 0.5) is 26.0 Å². The lowest BCUT2D eigenvalue weighted by Gasteiger charge is -2.09. The largest absolute Gasteiger partial charge is 0.340 e. The van der Waals surface area contributed by atoms with Crippen LogP contribution < -0.4 is 10.6 Å². The van der Waals surface area contributed by atoms with Crippen LogP contribution in [-0.2, 0) is 0 Å². The Morgan fingerprint density at radius 2 is 1.62 bits per heavy atom. The third-order valence-corrected chi connectivity index (χ3v) is 3.77. The lowest BCUT2D eigenvalue weighted by molar-refractivity contribution is 0.102. The van der Waals surface area contributed by atoms with Gasteiger partial charge in [-0.3, -0.25) is 4.79 Å². The number of nitrogens with zero attached hydrogens (tertiary/aromatic N) is 1. The Morgan fingerprint density at radius 3 is 2.23 bits per heavy atom. The van der Waals surface area contributed by atoms with E-state index in [0.29, 0.717) is 27.2 Å². The number of anilines is 3. The third-order valence-electron chi connectivity index (χ3n) is 3.34. The molecule has 26 heavy (non-hydrogen) atoms. The van der Waals surface area contributed by atoms with E-state index in [1.807, 2.05) is 0 Å². The number of benzene rings is 2. The first-order chi connectivity index (χ1) is 12.4. The second-order valence-corrected chi connectivity index (χ2v) is 6.17. The summed E-state index contributed by atoms with van der Waals surface area (Å²) in [6.07, 6.45) is 1.42. The highest BCUT2D eigenvalue weighted by Crippen LogP contribution is 2.25. The summed E-state index contributed by atoms with van der Waals surface area (Å²) in [7, 11) is 0. The average molecular weight is 394 g/mol. The number of amides is 1. The van der Waals surface area contributed by atoms with Crippen LogP contribution in [0.15, 0.2) is 54.7 Å². The molecule has 2 N–H and O–H groups in total. The molecule has 0 saturated carbocycles. The Morgan fingerprint density at radius 1 is 0.885 bits per heavy atom. The minimum Gasteiger partial charge on any atom is -0.340 e. The summed E-state index contributed by atoms with van der Waals surface area (Å²) in [4.78, 5) is 16.2. The van der Waals surface area contributed by atoms with Crippen molar-refractivity contribution >= 4 is 46.3 Å². The van der Waals surface area contributed by atoms with E-state index in [2.05, 4.69) is 15.6 Å². The Kier molecular flexibility index (Phi) is 5.35. The van der Waals surface area contributed by atoms with Crippen molar-refractivity contribution in [2.75, 3.05) is 10.6 Å². The summed E-state index contributed by atoms with van der Waals surface area (Å²) >= 11 is 11.9. The van der Waals surface area contributed by atoms with Crippen molar-refractivity contribution in [1.29, 1.82) is 0 Å². The van der Waals surface area contributed by atoms with Gasteiger partial charge in [0.05, 0.1) is 11.9 Å². The summed E-state index contributed by atoms with van der Waals surface area (Å²) in [5, 5.41) is 6.54. The van der Waals surface area contributed by atoms with Gasteiger partial charge in [0.25, 0.3) is 5.91 Å². The maximum absolute atomic E-state index is 13.2. The molecule has 1 heterocycles. The number of aromatic nitrogens is 1. The molecule has 0 fully saturated rings. The molecule has 0 radical (unpaired) electrons. The Hall–Kier alpha value is -2.70. The summed E-state index contributed by atoms with van der Waals surface area (Å²) in [6.45, 7) is 0. The normalized spacial score (nSPS) is 10.5. The van der Waals surface area contributed by atoms with E-state index < -0.39 is 17.5 Å². The smallest absolute Gasteiger partial charge is 0.255 e. The Labute approximate surface area is 157 Å². The molecule has 0 bridgehead atoms. The number of pyridine rings is 1. The molecule has 132 valence electrons. The van der Waals surface area contributed by atoms with Crippen molar-refractivity contribution in [2.45, 2.75) is 0 Å². The first-order valence-electron chi connectivity index (χ1n) is 7.36. The van der Waals surface area contributed by atoms with Gasteiger partial charge >= 0.3 is 0 Å². The van der Waals surface area contributed by atoms with Crippen LogP contribution in [0.2, 0.25) is 10.0 Å². The highest BCUT2D eigenvalue weighted by molar-refractivity contribution is 6.35. The van der Waals surface area contributed by atoms with Gasteiger partial charge in [-0.25, -0.2) is 13.8 Å². The maximum atomic E-state index is 13.2. The fraction of sp³-hybridized carbons (Fsp3) is 0. The highest BCUT2D eigenvalue weighted by Gasteiger charge is 2.10. The van der Waals surface area contributed by atoms with E-state index in [9.17, 15) is 13.6 Å². The number of rotatable bonds is 4. The Balaban J connectivity index is 1.69. The number of hydrogen-bond donors (Lipinski definition) is 2. The van der Waals surface area contributed by atoms with Crippen molar-refractivity contribution in [3.05, 3.63) is 82.0 Å². The van der Waals surface area contributed by atoms with Crippen molar-refractivity contribution in [3.8, 4) is 0 Å². The van der Waals surface area contributed by atoms with Gasteiger partial charge in [0, 0.05) is 21.3 Å². The van der Waals surface area contributed by atoms with Crippen molar-refractivity contribution in [3.63, 3.8) is 0 Å². The van der Waals surface area contributed by atoms with Gasteiger partial charge in [-0.15, -0.1) is 0 Å². The Bertz CT molecular complexity index is 945. The SMILES string of the molecule is O=C(Nc1ccc(Nc2cc(Cl)cc(Cl)c2)nc1)c1ccc(F)c(F)c1. The van der Waals surface area contributed by atoms with E-state index >= 15 is 0 Å². The minimum atomic E-state index is -1.09. The van der Waals surface area contributed by atoms with E-state index in [1.165, 1.54) is 12.3 Å². The lowest BCUT2D eigenvalue weighted by Crippen LogP contribution is -2.12. The first-order valence-corrected chi connectivity index (χ1v) is 8.12. The highest BCUT2D eigenvalue weighted by atomic mass is 35.5. The van der Waals surface area contributed by atoms with Gasteiger partial charge in [0.2, 0.25) is 0 Å². The van der Waals surface area contributed by atoms with Gasteiger partial charge in [-0.1, -0.05) is 23.2 Å². The monoisotopic (exact) mass is 393 g/mol. The van der Waals surface area contributed by atoms with E-state index in [4.69, 9.17) is 23.2 Å². The number of hydrogen-bond acceptors (Lipinski definition) is 3. The third kappa shape index (κ3) is 4.47. The molecule has 0 aliphatic carbocycles. The second kappa shape index (κ2) is 7.68. The molecule has 8 heteroatoms. The molecule has 0 aliphatic heterocycles. The molecule has 4 nitrogen and oxygen atoms in total. The summed E-state index contributed by atoms with van der Waals surface area (Å²) in [5.74, 6) is -2.17. The van der Waals surface area contributed by atoms with Crippen molar-refractivity contribution in [2.24, 2.45) is 0 Å². The van der Waals surface area contributed by atoms with Crippen LogP contribution in [0.25, 0.3) is 0 Å². The number of carbonyl (C=O) groups is 1. The zero-order valence-electron chi connectivity index (χ0n) is 13.1. The number of nitrogens with one attached hydrogen (secondary N) is 2. The van der Waals surface area contributed by atoms with E-state index in [1.54, 1.807) is 30.3 Å². The van der Waals surface area contributed by atoms with Crippen LogP contribution in [0.1, 0.15) is 10.4 Å². The predicted octanol–water partition coefficient (Wildman–Crippen LogP) is 5.66. The van der Waals surface area contributed by atoms with Crippen LogP contribution in [0.3, 0.4) is 0 Å². The van der Waals surface area contributed by atoms with Crippen LogP contribution >= 0.6 is 23.2 Å². The zero-order chi connectivity index (χ0) is 18.7. The summed E-state index contributed by atoms with van der Waals surface area (Å²) < 4.78 is 26.1. The molecule has 1 amide bonds. The molecule has 0 atom stereocenters. The van der Waals surface area contributed by atoms with E-state index in [0.717, 1.165) is 12.1 Å². The molecule has 3 aromatic rings. The van der Waals surface area contributed by atoms with E-state index in [-0.39, 0.29) is 5.56 Å². The van der Waals surface area contributed by atoms with Crippen LogP contribution in [0, 0.1) is 11.6 Å². The lowest BCUT2D eigenvalue weighted by atomic mass is 10.2. The van der Waals surface area contributed by atoms with Crippen molar-refractivity contribution in [1.82, 2.24) is 4.98 Å². The molecule has 1 aromatic heterocycles. The fourth-order valence-electron chi connectivity index (χ4n) is 2.16. The van der Waals surface area contributed by atoms with Gasteiger partial charge < -0.3 is 10.6 Å². The summed E-state index contributed by atoms with van der Waals surface area (Å²) in [5.41, 5.74) is 1.06. The second-order valence-electron chi connectivity index (χ2n) is 5.30. The predicted molar refractivity (Wildman–Crippen MR) is 98.3 cm³/mol. The molecule has 0 unspecified atom stereocenters. The fourth-order valence-corrected chi connectivity index (χ4v) is 2.68. The number of carbonyl (C=O) groups excluding carboxylic acids is 1. The minimum absolute atomic E-state index is 0.000305. The van der Waals surface area contributed by atoms with Gasteiger partial charge in [-0.05, 0) is 48.5 Å². The molecular weight excluding hydrogens is 383 g/mol. The standard InChI is InChI=1S/C18H11Cl2F2N3O/c19-11-6-12(20)8-14(7-11)24-17-4-2-13(9-23-17)25-18(26)10-1-3-15(21)16(22)5-10/h1-9H,(H,23,24)(H,25,26). The zero-order valence-corrected chi connectivity index (χ0v) is 14.6. The van der Waals surface area contributed by atoms with Gasteiger partial charge in [0.1, 0.15) is 5.82 Å². The van der Waals surface area contributed by atoms with Crippen LogP contribution in [-0.4, -0.2) is 10.9 Å². The maximum Gasteiger partial charge on any atom is 0.255 e. The molecule has 0 spiro atoms. The average Bonchev–Trinajstić information content (AvgIpc) is 2.58. The molecular formula is C18H11Cl2F2N3O. The molecule has 0 saturated heterocycles. The van der Waals surface area contributed by atoms with Gasteiger partial charge in [0.15, 0.2) is 11.6 Å². The van der Waals surface area contributed by atoms with Gasteiger partial charge in [-0.2, -0.15) is 0 Å². The molecule has 3 rings (SSSR count). The first kappa shape index (κ1) is 18.1. The molecule has 2 aromatic carbocycles. The van der Waals surface area contributed by atoms with Crippen LogP contribution in [0.5, 0.6) is 0 Å².